The molecule has 1 aromatic rings. The molecule has 0 saturated carbocycles. The summed E-state index contributed by atoms with van der Waals surface area (Å²) in [6.07, 6.45) is 5.34. The zero-order valence-corrected chi connectivity index (χ0v) is 9.39. The van der Waals surface area contributed by atoms with Crippen LogP contribution in [0.4, 0.5) is 0 Å². The number of carboxylic acids is 1. The van der Waals surface area contributed by atoms with Gasteiger partial charge in [0.2, 0.25) is 0 Å². The molecular weight excluding hydrogens is 214 g/mol. The monoisotopic (exact) mass is 227 g/mol. The first-order valence-corrected chi connectivity index (χ1v) is 5.75. The molecule has 0 unspecified atom stereocenters. The maximum absolute atomic E-state index is 11.0. The molecule has 0 aliphatic carbocycles. The molecule has 3 heteroatoms. The highest BCUT2D eigenvalue weighted by atomic mass is 16.4. The van der Waals surface area contributed by atoms with Crippen molar-refractivity contribution in [3.63, 3.8) is 0 Å². The van der Waals surface area contributed by atoms with Crippen LogP contribution in [-0.4, -0.2) is 22.5 Å². The Morgan fingerprint density at radius 1 is 1.24 bits per heavy atom. The fourth-order valence-corrected chi connectivity index (χ4v) is 2.48. The zero-order chi connectivity index (χ0) is 11.8. The number of hydrogen-bond acceptors (Lipinski definition) is 2. The van der Waals surface area contributed by atoms with Crippen molar-refractivity contribution in [3.05, 3.63) is 46.5 Å². The topological polar surface area (TPSA) is 40.5 Å². The zero-order valence-electron chi connectivity index (χ0n) is 9.39. The summed E-state index contributed by atoms with van der Waals surface area (Å²) in [5.74, 6) is -0.803. The van der Waals surface area contributed by atoms with Crippen LogP contribution in [0.3, 0.4) is 0 Å². The molecule has 1 aromatic carbocycles. The van der Waals surface area contributed by atoms with Crippen molar-refractivity contribution in [1.82, 2.24) is 4.90 Å². The fourth-order valence-electron chi connectivity index (χ4n) is 2.48. The van der Waals surface area contributed by atoms with Gasteiger partial charge in [0.05, 0.1) is 5.57 Å². The molecule has 2 aliphatic heterocycles. The van der Waals surface area contributed by atoms with Crippen molar-refractivity contribution < 1.29 is 9.90 Å². The van der Waals surface area contributed by atoms with Gasteiger partial charge < -0.3 is 10.0 Å². The second-order valence-corrected chi connectivity index (χ2v) is 4.35. The summed E-state index contributed by atoms with van der Waals surface area (Å²) in [7, 11) is 0. The normalized spacial score (nSPS) is 17.8. The first-order chi connectivity index (χ1) is 8.25. The summed E-state index contributed by atoms with van der Waals surface area (Å²) in [4.78, 5) is 13.0. The van der Waals surface area contributed by atoms with Gasteiger partial charge in [0.15, 0.2) is 0 Å². The van der Waals surface area contributed by atoms with Crippen molar-refractivity contribution in [2.75, 3.05) is 6.54 Å². The number of carboxylic acid groups (broad SMARTS) is 1. The number of aliphatic carboxylic acids is 1. The van der Waals surface area contributed by atoms with Crippen molar-refractivity contribution in [1.29, 1.82) is 0 Å². The molecule has 0 amide bonds. The van der Waals surface area contributed by atoms with Crippen LogP contribution in [0.2, 0.25) is 0 Å². The lowest BCUT2D eigenvalue weighted by molar-refractivity contribution is -0.132. The molecule has 0 saturated heterocycles. The molecule has 0 aromatic heterocycles. The summed E-state index contributed by atoms with van der Waals surface area (Å²) in [6, 6.07) is 8.27. The lowest BCUT2D eigenvalue weighted by Crippen LogP contribution is -2.39. The van der Waals surface area contributed by atoms with E-state index in [2.05, 4.69) is 23.1 Å². The molecule has 17 heavy (non-hydrogen) atoms. The lowest BCUT2D eigenvalue weighted by Gasteiger charge is -2.30. The van der Waals surface area contributed by atoms with E-state index in [9.17, 15) is 4.79 Å². The largest absolute Gasteiger partial charge is 0.478 e. The Hall–Kier alpha value is -2.03. The van der Waals surface area contributed by atoms with Crippen LogP contribution < -0.4 is 10.4 Å². The predicted octanol–water partition coefficient (Wildman–Crippen LogP) is 0.653. The molecule has 1 N–H and O–H groups in total. The third-order valence-electron chi connectivity index (χ3n) is 3.34. The van der Waals surface area contributed by atoms with Crippen LogP contribution in [0.5, 0.6) is 0 Å². The average Bonchev–Trinajstić information content (AvgIpc) is 2.38. The fraction of sp³-hybridized carbons (Fsp3) is 0.214. The second-order valence-electron chi connectivity index (χ2n) is 4.35. The molecule has 0 atom stereocenters. The summed E-state index contributed by atoms with van der Waals surface area (Å²) in [6.45, 7) is 0.767. The van der Waals surface area contributed by atoms with Gasteiger partial charge in [0.1, 0.15) is 0 Å². The van der Waals surface area contributed by atoms with Crippen molar-refractivity contribution in [3.8, 4) is 0 Å². The van der Waals surface area contributed by atoms with Gasteiger partial charge in [-0.2, -0.15) is 0 Å². The number of hydrogen-bond donors (Lipinski definition) is 1. The minimum atomic E-state index is -0.803. The SMILES string of the molecule is O=C(O)C1=CN2CC=c3ccccc3=C2CC1. The number of rotatable bonds is 1. The van der Waals surface area contributed by atoms with Crippen molar-refractivity contribution in [2.24, 2.45) is 0 Å². The Bertz CT molecular complexity index is 628. The second kappa shape index (κ2) is 3.77. The molecule has 3 rings (SSSR count). The molecule has 0 bridgehead atoms. The average molecular weight is 227 g/mol. The molecule has 0 fully saturated rings. The van der Waals surface area contributed by atoms with Gasteiger partial charge in [-0.3, -0.25) is 0 Å². The highest BCUT2D eigenvalue weighted by Gasteiger charge is 2.20. The summed E-state index contributed by atoms with van der Waals surface area (Å²) in [5.41, 5.74) is 1.75. The van der Waals surface area contributed by atoms with Gasteiger partial charge >= 0.3 is 5.97 Å². The minimum Gasteiger partial charge on any atom is -0.478 e. The Balaban J connectivity index is 2.16. The van der Waals surface area contributed by atoms with E-state index in [0.717, 1.165) is 13.0 Å². The molecule has 86 valence electrons. The van der Waals surface area contributed by atoms with Gasteiger partial charge in [-0.05, 0) is 18.1 Å². The van der Waals surface area contributed by atoms with Gasteiger partial charge in [0, 0.05) is 23.7 Å². The van der Waals surface area contributed by atoms with Crippen LogP contribution in [0.1, 0.15) is 12.8 Å². The van der Waals surface area contributed by atoms with E-state index in [0.29, 0.717) is 12.0 Å². The molecule has 2 heterocycles. The first kappa shape index (κ1) is 10.1. The molecule has 2 aliphatic rings. The van der Waals surface area contributed by atoms with Gasteiger partial charge in [-0.25, -0.2) is 4.79 Å². The Labute approximate surface area is 99.0 Å². The summed E-state index contributed by atoms with van der Waals surface area (Å²) < 4.78 is 0. The van der Waals surface area contributed by atoms with Crippen molar-refractivity contribution in [2.45, 2.75) is 12.8 Å². The molecule has 3 nitrogen and oxygen atoms in total. The Morgan fingerprint density at radius 3 is 2.88 bits per heavy atom. The van der Waals surface area contributed by atoms with E-state index >= 15 is 0 Å². The van der Waals surface area contributed by atoms with E-state index in [1.807, 2.05) is 12.1 Å². The molecule has 0 spiro atoms. The van der Waals surface area contributed by atoms with E-state index in [1.165, 1.54) is 16.1 Å². The van der Waals surface area contributed by atoms with Gasteiger partial charge in [-0.1, -0.05) is 30.3 Å². The minimum absolute atomic E-state index is 0.501. The number of nitrogens with zero attached hydrogens (tertiary/aromatic N) is 1. The van der Waals surface area contributed by atoms with Crippen LogP contribution in [0.15, 0.2) is 36.0 Å². The Kier molecular flexibility index (Phi) is 2.25. The predicted molar refractivity (Wildman–Crippen MR) is 65.2 cm³/mol. The van der Waals surface area contributed by atoms with Crippen LogP contribution in [0, 0.1) is 0 Å². The number of benzene rings is 1. The molecular formula is C14H13NO2. The maximum atomic E-state index is 11.0. The highest BCUT2D eigenvalue weighted by molar-refractivity contribution is 5.87. The third kappa shape index (κ3) is 1.64. The summed E-state index contributed by atoms with van der Waals surface area (Å²) >= 11 is 0. The quantitative estimate of drug-likeness (QED) is 0.766. The Morgan fingerprint density at radius 2 is 2.06 bits per heavy atom. The van der Waals surface area contributed by atoms with Crippen LogP contribution in [-0.2, 0) is 4.79 Å². The van der Waals surface area contributed by atoms with Crippen molar-refractivity contribution >= 4 is 17.7 Å². The number of carbonyl (C=O) groups is 1. The standard InChI is InChI=1S/C14H13NO2/c16-14(17)11-5-6-13-12-4-2-1-3-10(12)7-8-15(13)9-11/h1-4,7,9H,5-6,8H2,(H,16,17). The number of fused-ring (bicyclic) bond motifs is 2. The van der Waals surface area contributed by atoms with E-state index in [1.54, 1.807) is 6.20 Å². The molecule has 0 radical (unpaired) electrons. The van der Waals surface area contributed by atoms with E-state index < -0.39 is 5.97 Å². The van der Waals surface area contributed by atoms with Gasteiger partial charge in [0.25, 0.3) is 0 Å². The third-order valence-corrected chi connectivity index (χ3v) is 3.34. The summed E-state index contributed by atoms with van der Waals surface area (Å²) in [5, 5.41) is 11.5. The smallest absolute Gasteiger partial charge is 0.333 e. The van der Waals surface area contributed by atoms with Gasteiger partial charge in [-0.15, -0.1) is 0 Å². The van der Waals surface area contributed by atoms with Crippen LogP contribution >= 0.6 is 0 Å². The van der Waals surface area contributed by atoms with Crippen LogP contribution in [0.25, 0.3) is 11.8 Å². The first-order valence-electron chi connectivity index (χ1n) is 5.75. The maximum Gasteiger partial charge on any atom is 0.333 e. The highest BCUT2D eigenvalue weighted by Crippen LogP contribution is 2.24. The van der Waals surface area contributed by atoms with E-state index in [4.69, 9.17) is 5.11 Å². The van der Waals surface area contributed by atoms with E-state index in [-0.39, 0.29) is 0 Å². The lowest BCUT2D eigenvalue weighted by atomic mass is 10.00.